The lowest BCUT2D eigenvalue weighted by atomic mass is 10.2. The number of aromatic nitrogens is 1. The molecule has 0 radical (unpaired) electrons. The molecule has 0 spiro atoms. The van der Waals surface area contributed by atoms with Crippen LogP contribution in [0.4, 0.5) is 0 Å². The van der Waals surface area contributed by atoms with Crippen molar-refractivity contribution in [3.8, 4) is 5.75 Å². The quantitative estimate of drug-likeness (QED) is 0.772. The second kappa shape index (κ2) is 5.83. The van der Waals surface area contributed by atoms with Gasteiger partial charge in [0.2, 0.25) is 5.91 Å². The zero-order valence-corrected chi connectivity index (χ0v) is 9.80. The van der Waals surface area contributed by atoms with E-state index in [2.05, 4.69) is 10.3 Å². The number of pyridine rings is 1. The van der Waals surface area contributed by atoms with E-state index < -0.39 is 0 Å². The van der Waals surface area contributed by atoms with Crippen LogP contribution in [-0.4, -0.2) is 47.4 Å². The van der Waals surface area contributed by atoms with E-state index in [1.165, 1.54) is 23.4 Å². The zero-order valence-electron chi connectivity index (χ0n) is 9.80. The molecule has 0 bridgehead atoms. The van der Waals surface area contributed by atoms with Gasteiger partial charge in [0.1, 0.15) is 5.75 Å². The molecule has 0 saturated heterocycles. The molecule has 0 aromatic carbocycles. The summed E-state index contributed by atoms with van der Waals surface area (Å²) in [5.41, 5.74) is 0.180. The van der Waals surface area contributed by atoms with Crippen LogP contribution in [0.1, 0.15) is 16.8 Å². The normalized spacial score (nSPS) is 9.76. The van der Waals surface area contributed by atoms with E-state index in [1.54, 1.807) is 14.1 Å². The van der Waals surface area contributed by atoms with E-state index in [0.29, 0.717) is 6.54 Å². The molecule has 1 aromatic heterocycles. The van der Waals surface area contributed by atoms with Crippen LogP contribution in [0.25, 0.3) is 0 Å². The van der Waals surface area contributed by atoms with Crippen molar-refractivity contribution in [2.75, 3.05) is 20.6 Å². The number of rotatable bonds is 4. The maximum absolute atomic E-state index is 11.9. The number of hydrogen-bond acceptors (Lipinski definition) is 4. The molecule has 6 nitrogen and oxygen atoms in total. The van der Waals surface area contributed by atoms with Crippen LogP contribution in [0.5, 0.6) is 5.75 Å². The summed E-state index contributed by atoms with van der Waals surface area (Å²) in [6, 6.07) is 1.44. The molecule has 6 heteroatoms. The Bertz CT molecular complexity index is 420. The van der Waals surface area contributed by atoms with Gasteiger partial charge in [0.05, 0.1) is 11.8 Å². The average molecular weight is 237 g/mol. The van der Waals surface area contributed by atoms with Gasteiger partial charge in [-0.15, -0.1) is 0 Å². The molecule has 0 aliphatic heterocycles. The first-order valence-electron chi connectivity index (χ1n) is 5.15. The summed E-state index contributed by atoms with van der Waals surface area (Å²) in [6.07, 6.45) is 2.87. The maximum Gasteiger partial charge on any atom is 0.257 e. The minimum absolute atomic E-state index is 0.136. The fourth-order valence-electron chi connectivity index (χ4n) is 1.27. The molecule has 0 aliphatic rings. The van der Waals surface area contributed by atoms with Crippen LogP contribution in [0.3, 0.4) is 0 Å². The van der Waals surface area contributed by atoms with E-state index in [0.717, 1.165) is 0 Å². The average Bonchev–Trinajstić information content (AvgIpc) is 2.35. The van der Waals surface area contributed by atoms with Crippen molar-refractivity contribution in [2.45, 2.75) is 6.42 Å². The lowest BCUT2D eigenvalue weighted by molar-refractivity contribution is -0.120. The second-order valence-electron chi connectivity index (χ2n) is 3.54. The number of nitrogens with one attached hydrogen (secondary N) is 1. The predicted octanol–water partition coefficient (Wildman–Crippen LogP) is -0.00470. The van der Waals surface area contributed by atoms with Gasteiger partial charge in [0, 0.05) is 33.3 Å². The Labute approximate surface area is 99.3 Å². The Morgan fingerprint density at radius 2 is 2.24 bits per heavy atom. The Hall–Kier alpha value is -2.11. The third-order valence-corrected chi connectivity index (χ3v) is 2.33. The van der Waals surface area contributed by atoms with Crippen molar-refractivity contribution in [1.29, 1.82) is 0 Å². The smallest absolute Gasteiger partial charge is 0.257 e. The summed E-state index contributed by atoms with van der Waals surface area (Å²) < 4.78 is 0. The van der Waals surface area contributed by atoms with Gasteiger partial charge in [-0.25, -0.2) is 0 Å². The standard InChI is InChI=1S/C11H15N3O3/c1-12-10(16)4-6-14(2)11(17)8-3-5-13-7-9(8)15/h3,5,7,15H,4,6H2,1-2H3,(H,12,16). The van der Waals surface area contributed by atoms with E-state index >= 15 is 0 Å². The van der Waals surface area contributed by atoms with E-state index in [-0.39, 0.29) is 29.5 Å². The fraction of sp³-hybridized carbons (Fsp3) is 0.364. The third kappa shape index (κ3) is 3.44. The molecule has 0 saturated carbocycles. The highest BCUT2D eigenvalue weighted by molar-refractivity contribution is 5.96. The lowest BCUT2D eigenvalue weighted by Crippen LogP contribution is -2.31. The summed E-state index contributed by atoms with van der Waals surface area (Å²) in [6.45, 7) is 0.292. The van der Waals surface area contributed by atoms with Crippen LogP contribution in [0.15, 0.2) is 18.5 Å². The number of amides is 2. The van der Waals surface area contributed by atoms with Gasteiger partial charge in [-0.2, -0.15) is 0 Å². The molecule has 17 heavy (non-hydrogen) atoms. The number of hydrogen-bond donors (Lipinski definition) is 2. The summed E-state index contributed by atoms with van der Waals surface area (Å²) in [5, 5.41) is 11.9. The van der Waals surface area contributed by atoms with Gasteiger partial charge in [-0.1, -0.05) is 0 Å². The van der Waals surface area contributed by atoms with Gasteiger partial charge in [-0.05, 0) is 6.07 Å². The van der Waals surface area contributed by atoms with Gasteiger partial charge >= 0.3 is 0 Å². The van der Waals surface area contributed by atoms with Crippen molar-refractivity contribution in [3.05, 3.63) is 24.0 Å². The van der Waals surface area contributed by atoms with E-state index in [1.807, 2.05) is 0 Å². The van der Waals surface area contributed by atoms with Crippen molar-refractivity contribution in [2.24, 2.45) is 0 Å². The first-order chi connectivity index (χ1) is 8.06. The van der Waals surface area contributed by atoms with Crippen LogP contribution in [-0.2, 0) is 4.79 Å². The molecule has 2 amide bonds. The molecule has 92 valence electrons. The monoisotopic (exact) mass is 237 g/mol. The largest absolute Gasteiger partial charge is 0.505 e. The van der Waals surface area contributed by atoms with Crippen LogP contribution in [0.2, 0.25) is 0 Å². The van der Waals surface area contributed by atoms with Crippen LogP contribution < -0.4 is 5.32 Å². The van der Waals surface area contributed by atoms with Crippen molar-refractivity contribution >= 4 is 11.8 Å². The third-order valence-electron chi connectivity index (χ3n) is 2.33. The van der Waals surface area contributed by atoms with Crippen molar-refractivity contribution in [3.63, 3.8) is 0 Å². The van der Waals surface area contributed by atoms with Crippen LogP contribution >= 0.6 is 0 Å². The highest BCUT2D eigenvalue weighted by Crippen LogP contribution is 2.15. The van der Waals surface area contributed by atoms with E-state index in [9.17, 15) is 14.7 Å². The molecule has 2 N–H and O–H groups in total. The molecule has 1 rings (SSSR count). The second-order valence-corrected chi connectivity index (χ2v) is 3.54. The summed E-state index contributed by atoms with van der Waals surface area (Å²) in [5.74, 6) is -0.637. The molecular formula is C11H15N3O3. The first-order valence-corrected chi connectivity index (χ1v) is 5.15. The number of carbonyl (C=O) groups excluding carboxylic acids is 2. The topological polar surface area (TPSA) is 82.5 Å². The minimum atomic E-state index is -0.339. The van der Waals surface area contributed by atoms with E-state index in [4.69, 9.17) is 0 Å². The van der Waals surface area contributed by atoms with Crippen molar-refractivity contribution in [1.82, 2.24) is 15.2 Å². The highest BCUT2D eigenvalue weighted by atomic mass is 16.3. The minimum Gasteiger partial charge on any atom is -0.505 e. The molecule has 0 aliphatic carbocycles. The Morgan fingerprint density at radius 1 is 1.53 bits per heavy atom. The number of carbonyl (C=O) groups is 2. The fourth-order valence-corrected chi connectivity index (χ4v) is 1.27. The Morgan fingerprint density at radius 3 is 2.82 bits per heavy atom. The Kier molecular flexibility index (Phi) is 4.45. The molecular weight excluding hydrogens is 222 g/mol. The summed E-state index contributed by atoms with van der Waals surface area (Å²) in [4.78, 5) is 28.0. The summed E-state index contributed by atoms with van der Waals surface area (Å²) >= 11 is 0. The van der Waals surface area contributed by atoms with Gasteiger partial charge in [-0.3, -0.25) is 14.6 Å². The first kappa shape index (κ1) is 13.0. The number of nitrogens with zero attached hydrogens (tertiary/aromatic N) is 2. The van der Waals surface area contributed by atoms with Crippen molar-refractivity contribution < 1.29 is 14.7 Å². The summed E-state index contributed by atoms with van der Waals surface area (Å²) in [7, 11) is 3.12. The molecule has 1 aromatic rings. The maximum atomic E-state index is 11.9. The predicted molar refractivity (Wildman–Crippen MR) is 61.5 cm³/mol. The van der Waals surface area contributed by atoms with Gasteiger partial charge < -0.3 is 15.3 Å². The molecule has 1 heterocycles. The number of aromatic hydroxyl groups is 1. The Balaban J connectivity index is 2.64. The lowest BCUT2D eigenvalue weighted by Gasteiger charge is -2.17. The molecule has 0 atom stereocenters. The van der Waals surface area contributed by atoms with Gasteiger partial charge in [0.25, 0.3) is 5.91 Å². The zero-order chi connectivity index (χ0) is 12.8. The van der Waals surface area contributed by atoms with Crippen LogP contribution in [0, 0.1) is 0 Å². The van der Waals surface area contributed by atoms with Gasteiger partial charge in [0.15, 0.2) is 0 Å². The highest BCUT2D eigenvalue weighted by Gasteiger charge is 2.15. The SMILES string of the molecule is CNC(=O)CCN(C)C(=O)c1ccncc1O. The molecule has 0 unspecified atom stereocenters. The molecule has 0 fully saturated rings.